The summed E-state index contributed by atoms with van der Waals surface area (Å²) in [6.45, 7) is 1.59. The molecule has 0 N–H and O–H groups in total. The van der Waals surface area contributed by atoms with Crippen LogP contribution in [0.2, 0.25) is 5.02 Å². The normalized spacial score (nSPS) is 16.5. The lowest BCUT2D eigenvalue weighted by Crippen LogP contribution is -2.30. The van der Waals surface area contributed by atoms with E-state index in [1.165, 1.54) is 0 Å². The Labute approximate surface area is 168 Å². The van der Waals surface area contributed by atoms with Crippen molar-refractivity contribution >= 4 is 17.5 Å². The summed E-state index contributed by atoms with van der Waals surface area (Å²) in [7, 11) is 0. The summed E-state index contributed by atoms with van der Waals surface area (Å²) in [5.41, 5.74) is 1.77. The van der Waals surface area contributed by atoms with Gasteiger partial charge in [-0.25, -0.2) is 0 Å². The van der Waals surface area contributed by atoms with E-state index in [0.717, 1.165) is 43.5 Å². The molecule has 4 rings (SSSR count). The number of carbonyl (C=O) groups excluding carboxylic acids is 1. The Morgan fingerprint density at radius 3 is 3.04 bits per heavy atom. The lowest BCUT2D eigenvalue weighted by Gasteiger charge is -2.16. The van der Waals surface area contributed by atoms with Crippen LogP contribution in [-0.4, -0.2) is 39.0 Å². The number of nitrogens with zero attached hydrogens (tertiary/aromatic N) is 4. The molecule has 0 saturated carbocycles. The maximum Gasteiger partial charge on any atom is 0.259 e. The van der Waals surface area contributed by atoms with Gasteiger partial charge in [-0.15, -0.1) is 0 Å². The topological polar surface area (TPSA) is 72.1 Å². The van der Waals surface area contributed by atoms with Gasteiger partial charge in [0.1, 0.15) is 0 Å². The Morgan fingerprint density at radius 1 is 1.29 bits per heavy atom. The highest BCUT2D eigenvalue weighted by Crippen LogP contribution is 2.23. The molecule has 28 heavy (non-hydrogen) atoms. The molecular formula is C21H21ClN4O2. The third-order valence-electron chi connectivity index (χ3n) is 5.04. The van der Waals surface area contributed by atoms with Gasteiger partial charge in [0.15, 0.2) is 5.82 Å². The number of hydrogen-bond acceptors (Lipinski definition) is 5. The number of likely N-dealkylation sites (tertiary alicyclic amines) is 1. The SMILES string of the molecule is O=C(Cc1cccc(Cl)c1)N1CCC(CCc2noc(-c3cccnc3)n2)C1. The van der Waals surface area contributed by atoms with E-state index in [1.54, 1.807) is 12.4 Å². The Bertz CT molecular complexity index is 944. The first-order chi connectivity index (χ1) is 13.7. The Balaban J connectivity index is 1.27. The third-order valence-corrected chi connectivity index (χ3v) is 5.27. The van der Waals surface area contributed by atoms with Crippen molar-refractivity contribution in [3.63, 3.8) is 0 Å². The molecule has 1 atom stereocenters. The van der Waals surface area contributed by atoms with Crippen LogP contribution in [0.1, 0.15) is 24.2 Å². The summed E-state index contributed by atoms with van der Waals surface area (Å²) in [5.74, 6) is 1.81. The second-order valence-corrected chi connectivity index (χ2v) is 7.53. The van der Waals surface area contributed by atoms with Crippen molar-refractivity contribution in [1.29, 1.82) is 0 Å². The molecule has 3 heterocycles. The van der Waals surface area contributed by atoms with Crippen LogP contribution in [-0.2, 0) is 17.6 Å². The molecule has 1 aromatic carbocycles. The van der Waals surface area contributed by atoms with Crippen LogP contribution in [0, 0.1) is 5.92 Å². The number of rotatable bonds is 6. The van der Waals surface area contributed by atoms with E-state index < -0.39 is 0 Å². The van der Waals surface area contributed by atoms with E-state index in [1.807, 2.05) is 41.3 Å². The van der Waals surface area contributed by atoms with Crippen molar-refractivity contribution < 1.29 is 9.32 Å². The standard InChI is InChI=1S/C21H21ClN4O2/c22-18-5-1-3-16(11-18)12-20(27)26-10-8-15(14-26)6-7-19-24-21(28-25-19)17-4-2-9-23-13-17/h1-5,9,11,13,15H,6-8,10,12,14H2. The number of pyridine rings is 1. The number of halogens is 1. The van der Waals surface area contributed by atoms with Crippen LogP contribution in [0.25, 0.3) is 11.5 Å². The minimum Gasteiger partial charge on any atom is -0.342 e. The first kappa shape index (κ1) is 18.6. The van der Waals surface area contributed by atoms with Gasteiger partial charge < -0.3 is 9.42 Å². The van der Waals surface area contributed by atoms with E-state index in [9.17, 15) is 4.79 Å². The van der Waals surface area contributed by atoms with Crippen LogP contribution in [0.5, 0.6) is 0 Å². The molecule has 1 unspecified atom stereocenters. The fourth-order valence-corrected chi connectivity index (χ4v) is 3.74. The Morgan fingerprint density at radius 2 is 2.21 bits per heavy atom. The molecule has 0 spiro atoms. The van der Waals surface area contributed by atoms with E-state index >= 15 is 0 Å². The molecule has 2 aromatic heterocycles. The zero-order chi connectivity index (χ0) is 19.3. The smallest absolute Gasteiger partial charge is 0.259 e. The molecule has 1 fully saturated rings. The average Bonchev–Trinajstić information content (AvgIpc) is 3.37. The van der Waals surface area contributed by atoms with Gasteiger partial charge in [-0.1, -0.05) is 28.9 Å². The van der Waals surface area contributed by atoms with E-state index in [-0.39, 0.29) is 5.91 Å². The maximum atomic E-state index is 12.5. The molecule has 0 radical (unpaired) electrons. The van der Waals surface area contributed by atoms with Gasteiger partial charge in [-0.3, -0.25) is 9.78 Å². The fraction of sp³-hybridized carbons (Fsp3) is 0.333. The number of aromatic nitrogens is 3. The highest BCUT2D eigenvalue weighted by atomic mass is 35.5. The molecule has 7 heteroatoms. The van der Waals surface area contributed by atoms with Gasteiger partial charge in [0, 0.05) is 36.9 Å². The van der Waals surface area contributed by atoms with Gasteiger partial charge in [0.05, 0.1) is 12.0 Å². The first-order valence-corrected chi connectivity index (χ1v) is 9.80. The summed E-state index contributed by atoms with van der Waals surface area (Å²) in [5, 5.41) is 4.73. The molecule has 6 nitrogen and oxygen atoms in total. The quantitative estimate of drug-likeness (QED) is 0.633. The summed E-state index contributed by atoms with van der Waals surface area (Å²) in [4.78, 5) is 23.0. The van der Waals surface area contributed by atoms with Crippen molar-refractivity contribution in [1.82, 2.24) is 20.0 Å². The monoisotopic (exact) mass is 396 g/mol. The van der Waals surface area contributed by atoms with Gasteiger partial charge in [0.25, 0.3) is 5.89 Å². The molecular weight excluding hydrogens is 376 g/mol. The minimum absolute atomic E-state index is 0.156. The van der Waals surface area contributed by atoms with Gasteiger partial charge >= 0.3 is 0 Å². The first-order valence-electron chi connectivity index (χ1n) is 9.42. The van der Waals surface area contributed by atoms with Gasteiger partial charge in [-0.05, 0) is 48.6 Å². The van der Waals surface area contributed by atoms with Crippen LogP contribution >= 0.6 is 11.6 Å². The largest absolute Gasteiger partial charge is 0.342 e. The summed E-state index contributed by atoms with van der Waals surface area (Å²) in [6, 6.07) is 11.2. The molecule has 1 amide bonds. The molecule has 144 valence electrons. The zero-order valence-corrected chi connectivity index (χ0v) is 16.2. The highest BCUT2D eigenvalue weighted by molar-refractivity contribution is 6.30. The van der Waals surface area contributed by atoms with Crippen molar-refractivity contribution in [2.75, 3.05) is 13.1 Å². The van der Waals surface area contributed by atoms with Crippen molar-refractivity contribution in [3.8, 4) is 11.5 Å². The molecule has 1 saturated heterocycles. The van der Waals surface area contributed by atoms with Crippen LogP contribution in [0.4, 0.5) is 0 Å². The van der Waals surface area contributed by atoms with E-state index in [4.69, 9.17) is 16.1 Å². The maximum absolute atomic E-state index is 12.5. The predicted molar refractivity (Wildman–Crippen MR) is 106 cm³/mol. The van der Waals surface area contributed by atoms with E-state index in [0.29, 0.717) is 29.1 Å². The molecule has 3 aromatic rings. The molecule has 0 bridgehead atoms. The molecule has 1 aliphatic rings. The number of carbonyl (C=O) groups is 1. The summed E-state index contributed by atoms with van der Waals surface area (Å²) >= 11 is 6.00. The lowest BCUT2D eigenvalue weighted by molar-refractivity contribution is -0.129. The van der Waals surface area contributed by atoms with Crippen LogP contribution in [0.3, 0.4) is 0 Å². The third kappa shape index (κ3) is 4.57. The average molecular weight is 397 g/mol. The number of amides is 1. The number of aryl methyl sites for hydroxylation is 1. The van der Waals surface area contributed by atoms with Gasteiger partial charge in [-0.2, -0.15) is 4.98 Å². The predicted octanol–water partition coefficient (Wildman–Crippen LogP) is 3.81. The van der Waals surface area contributed by atoms with Crippen LogP contribution in [0.15, 0.2) is 53.3 Å². The summed E-state index contributed by atoms with van der Waals surface area (Å²) in [6.07, 6.45) is 6.50. The molecule has 0 aliphatic carbocycles. The van der Waals surface area contributed by atoms with Crippen molar-refractivity contribution in [2.24, 2.45) is 5.92 Å². The summed E-state index contributed by atoms with van der Waals surface area (Å²) < 4.78 is 5.32. The minimum atomic E-state index is 0.156. The fourth-order valence-electron chi connectivity index (χ4n) is 3.52. The highest BCUT2D eigenvalue weighted by Gasteiger charge is 2.26. The second-order valence-electron chi connectivity index (χ2n) is 7.10. The number of benzene rings is 1. The Kier molecular flexibility index (Phi) is 5.67. The Hall–Kier alpha value is -2.73. The lowest BCUT2D eigenvalue weighted by atomic mass is 10.0. The van der Waals surface area contributed by atoms with E-state index in [2.05, 4.69) is 15.1 Å². The van der Waals surface area contributed by atoms with Crippen molar-refractivity contribution in [3.05, 3.63) is 65.2 Å². The zero-order valence-electron chi connectivity index (χ0n) is 15.4. The van der Waals surface area contributed by atoms with Crippen LogP contribution < -0.4 is 0 Å². The molecule has 1 aliphatic heterocycles. The van der Waals surface area contributed by atoms with Gasteiger partial charge in [0.2, 0.25) is 5.91 Å². The second kappa shape index (κ2) is 8.52. The van der Waals surface area contributed by atoms with Crippen molar-refractivity contribution in [2.45, 2.75) is 25.7 Å². The number of hydrogen-bond donors (Lipinski definition) is 0.